The molecule has 142 valence electrons. The maximum atomic E-state index is 13.0. The number of benzene rings is 1. The standard InChI is InChI=1S/C21H30N2O3/c1-15(2)17-8-9-19(26-3)18(14-17)21(25)23-12-10-22(11-13-23)20(24)16-6-4-5-7-16/h8-9,14-16H,4-7,10-13H2,1-3H3. The molecular weight excluding hydrogens is 328 g/mol. The van der Waals surface area contributed by atoms with Crippen LogP contribution in [0, 0.1) is 5.92 Å². The Morgan fingerprint density at radius 1 is 1.04 bits per heavy atom. The SMILES string of the molecule is COc1ccc(C(C)C)cc1C(=O)N1CCN(C(=O)C2CCCC2)CC1. The average molecular weight is 358 g/mol. The molecule has 1 aromatic rings. The molecule has 2 fully saturated rings. The number of methoxy groups -OCH3 is 1. The average Bonchev–Trinajstić information content (AvgIpc) is 3.21. The molecule has 0 N–H and O–H groups in total. The largest absolute Gasteiger partial charge is 0.496 e. The van der Waals surface area contributed by atoms with Crippen molar-refractivity contribution < 1.29 is 14.3 Å². The van der Waals surface area contributed by atoms with E-state index in [4.69, 9.17) is 4.74 Å². The van der Waals surface area contributed by atoms with Crippen molar-refractivity contribution in [3.05, 3.63) is 29.3 Å². The third kappa shape index (κ3) is 3.87. The van der Waals surface area contributed by atoms with Crippen LogP contribution in [0.2, 0.25) is 0 Å². The monoisotopic (exact) mass is 358 g/mol. The van der Waals surface area contributed by atoms with Crippen LogP contribution in [0.3, 0.4) is 0 Å². The summed E-state index contributed by atoms with van der Waals surface area (Å²) in [5.74, 6) is 1.46. The molecule has 0 spiro atoms. The van der Waals surface area contributed by atoms with Gasteiger partial charge in [-0.15, -0.1) is 0 Å². The number of rotatable bonds is 4. The first-order chi connectivity index (χ1) is 12.5. The van der Waals surface area contributed by atoms with E-state index < -0.39 is 0 Å². The Morgan fingerprint density at radius 3 is 2.23 bits per heavy atom. The van der Waals surface area contributed by atoms with Crippen LogP contribution in [0.25, 0.3) is 0 Å². The van der Waals surface area contributed by atoms with E-state index in [0.717, 1.165) is 18.4 Å². The molecule has 1 aromatic carbocycles. The van der Waals surface area contributed by atoms with Gasteiger partial charge in [-0.3, -0.25) is 9.59 Å². The summed E-state index contributed by atoms with van der Waals surface area (Å²) < 4.78 is 5.41. The van der Waals surface area contributed by atoms with E-state index in [9.17, 15) is 9.59 Å². The zero-order valence-electron chi connectivity index (χ0n) is 16.2. The minimum Gasteiger partial charge on any atom is -0.496 e. The van der Waals surface area contributed by atoms with E-state index in [1.54, 1.807) is 7.11 Å². The van der Waals surface area contributed by atoms with Crippen LogP contribution in [-0.2, 0) is 4.79 Å². The van der Waals surface area contributed by atoms with E-state index in [0.29, 0.717) is 43.4 Å². The van der Waals surface area contributed by atoms with E-state index in [2.05, 4.69) is 13.8 Å². The molecule has 3 rings (SSSR count). The lowest BCUT2D eigenvalue weighted by Crippen LogP contribution is -2.51. The van der Waals surface area contributed by atoms with Gasteiger partial charge in [-0.2, -0.15) is 0 Å². The molecule has 2 amide bonds. The lowest BCUT2D eigenvalue weighted by Gasteiger charge is -2.36. The van der Waals surface area contributed by atoms with Gasteiger partial charge in [-0.05, 0) is 36.5 Å². The summed E-state index contributed by atoms with van der Waals surface area (Å²) in [6.07, 6.45) is 4.38. The van der Waals surface area contributed by atoms with E-state index in [-0.39, 0.29) is 17.7 Å². The van der Waals surface area contributed by atoms with Crippen LogP contribution in [0.4, 0.5) is 0 Å². The van der Waals surface area contributed by atoms with Crippen LogP contribution in [0.1, 0.15) is 61.4 Å². The molecule has 5 nitrogen and oxygen atoms in total. The van der Waals surface area contributed by atoms with Crippen molar-refractivity contribution >= 4 is 11.8 Å². The van der Waals surface area contributed by atoms with Crippen LogP contribution >= 0.6 is 0 Å². The lowest BCUT2D eigenvalue weighted by molar-refractivity contribution is -0.136. The number of hydrogen-bond acceptors (Lipinski definition) is 3. The predicted molar refractivity (Wildman–Crippen MR) is 102 cm³/mol. The van der Waals surface area contributed by atoms with Crippen molar-refractivity contribution in [1.82, 2.24) is 9.80 Å². The lowest BCUT2D eigenvalue weighted by atomic mass is 9.99. The van der Waals surface area contributed by atoms with Crippen molar-refractivity contribution in [2.75, 3.05) is 33.3 Å². The highest BCUT2D eigenvalue weighted by Crippen LogP contribution is 2.28. The topological polar surface area (TPSA) is 49.9 Å². The third-order valence-corrected chi connectivity index (χ3v) is 5.70. The Labute approximate surface area is 156 Å². The molecule has 5 heteroatoms. The van der Waals surface area contributed by atoms with Gasteiger partial charge in [0.2, 0.25) is 5.91 Å². The minimum absolute atomic E-state index is 0.00249. The first-order valence-corrected chi connectivity index (χ1v) is 9.77. The van der Waals surface area contributed by atoms with Crippen LogP contribution in [-0.4, -0.2) is 54.9 Å². The fraction of sp³-hybridized carbons (Fsp3) is 0.619. The van der Waals surface area contributed by atoms with E-state index >= 15 is 0 Å². The number of ether oxygens (including phenoxy) is 1. The van der Waals surface area contributed by atoms with Gasteiger partial charge in [-0.25, -0.2) is 0 Å². The molecule has 26 heavy (non-hydrogen) atoms. The molecule has 2 aliphatic rings. The van der Waals surface area contributed by atoms with Crippen LogP contribution < -0.4 is 4.74 Å². The van der Waals surface area contributed by atoms with Crippen molar-refractivity contribution in [3.8, 4) is 5.75 Å². The highest BCUT2D eigenvalue weighted by Gasteiger charge is 2.31. The second-order valence-corrected chi connectivity index (χ2v) is 7.71. The van der Waals surface area contributed by atoms with Gasteiger partial charge in [0.25, 0.3) is 5.91 Å². The summed E-state index contributed by atoms with van der Waals surface area (Å²) in [5.41, 5.74) is 1.75. The van der Waals surface area contributed by atoms with Crippen LogP contribution in [0.5, 0.6) is 5.75 Å². The molecule has 0 bridgehead atoms. The summed E-state index contributed by atoms with van der Waals surface area (Å²) in [7, 11) is 1.60. The number of carbonyl (C=O) groups is 2. The van der Waals surface area contributed by atoms with E-state index in [1.165, 1.54) is 12.8 Å². The predicted octanol–water partition coefficient (Wildman–Crippen LogP) is 3.29. The molecular formula is C21H30N2O3. The minimum atomic E-state index is -0.00249. The quantitative estimate of drug-likeness (QED) is 0.830. The zero-order valence-corrected chi connectivity index (χ0v) is 16.2. The Morgan fingerprint density at radius 2 is 1.65 bits per heavy atom. The summed E-state index contributed by atoms with van der Waals surface area (Å²) in [5, 5.41) is 0. The maximum Gasteiger partial charge on any atom is 0.257 e. The summed E-state index contributed by atoms with van der Waals surface area (Å²) in [6.45, 7) is 6.67. The van der Waals surface area contributed by atoms with Gasteiger partial charge >= 0.3 is 0 Å². The van der Waals surface area contributed by atoms with Gasteiger partial charge < -0.3 is 14.5 Å². The Balaban J connectivity index is 1.66. The van der Waals surface area contributed by atoms with E-state index in [1.807, 2.05) is 28.0 Å². The molecule has 1 aliphatic heterocycles. The molecule has 1 aliphatic carbocycles. The Hall–Kier alpha value is -2.04. The Bertz CT molecular complexity index is 657. The second kappa shape index (κ2) is 8.11. The number of hydrogen-bond donors (Lipinski definition) is 0. The smallest absolute Gasteiger partial charge is 0.257 e. The molecule has 0 aromatic heterocycles. The third-order valence-electron chi connectivity index (χ3n) is 5.70. The van der Waals surface area contributed by atoms with Crippen molar-refractivity contribution in [3.63, 3.8) is 0 Å². The first-order valence-electron chi connectivity index (χ1n) is 9.77. The maximum absolute atomic E-state index is 13.0. The summed E-state index contributed by atoms with van der Waals surface area (Å²) >= 11 is 0. The molecule has 1 saturated heterocycles. The van der Waals surface area contributed by atoms with Gasteiger partial charge in [0.05, 0.1) is 12.7 Å². The van der Waals surface area contributed by atoms with Gasteiger partial charge in [0.1, 0.15) is 5.75 Å². The first kappa shape index (κ1) is 18.7. The number of amides is 2. The van der Waals surface area contributed by atoms with Gasteiger partial charge in [-0.1, -0.05) is 32.8 Å². The molecule has 0 atom stereocenters. The van der Waals surface area contributed by atoms with Crippen molar-refractivity contribution in [1.29, 1.82) is 0 Å². The summed E-state index contributed by atoms with van der Waals surface area (Å²) in [4.78, 5) is 29.4. The van der Waals surface area contributed by atoms with Gasteiger partial charge in [0.15, 0.2) is 0 Å². The highest BCUT2D eigenvalue weighted by atomic mass is 16.5. The zero-order chi connectivity index (χ0) is 18.7. The fourth-order valence-corrected chi connectivity index (χ4v) is 3.98. The molecule has 1 saturated carbocycles. The summed E-state index contributed by atoms with van der Waals surface area (Å²) in [6, 6.07) is 5.84. The molecule has 0 radical (unpaired) electrons. The van der Waals surface area contributed by atoms with Gasteiger partial charge in [0, 0.05) is 32.1 Å². The number of carbonyl (C=O) groups excluding carboxylic acids is 2. The molecule has 1 heterocycles. The normalized spacial score (nSPS) is 18.5. The number of piperazine rings is 1. The number of nitrogens with zero attached hydrogens (tertiary/aromatic N) is 2. The second-order valence-electron chi connectivity index (χ2n) is 7.71. The van der Waals surface area contributed by atoms with Crippen molar-refractivity contribution in [2.24, 2.45) is 5.92 Å². The fourth-order valence-electron chi connectivity index (χ4n) is 3.98. The Kier molecular flexibility index (Phi) is 5.84. The van der Waals surface area contributed by atoms with Crippen LogP contribution in [0.15, 0.2) is 18.2 Å². The highest BCUT2D eigenvalue weighted by molar-refractivity contribution is 5.97. The molecule has 0 unspecified atom stereocenters. The van der Waals surface area contributed by atoms with Crippen molar-refractivity contribution in [2.45, 2.75) is 45.4 Å².